The van der Waals surface area contributed by atoms with Crippen LogP contribution in [0.4, 0.5) is 0 Å². The van der Waals surface area contributed by atoms with Crippen LogP contribution in [-0.2, 0) is 14.3 Å². The molecule has 2 amide bonds. The molecule has 0 spiro atoms. The molecule has 0 aromatic heterocycles. The molecular formula is C20H34N4O3. The molecule has 4 aliphatic heterocycles. The molecule has 0 radical (unpaired) electrons. The third kappa shape index (κ3) is 4.81. The maximum Gasteiger partial charge on any atom is 0.234 e. The highest BCUT2D eigenvalue weighted by atomic mass is 16.5. The number of hydrogen-bond acceptors (Lipinski definition) is 5. The summed E-state index contributed by atoms with van der Waals surface area (Å²) in [5.74, 6) is 1.59. The van der Waals surface area contributed by atoms with E-state index >= 15 is 0 Å². The van der Waals surface area contributed by atoms with E-state index in [0.29, 0.717) is 30.3 Å². The fourth-order valence-corrected chi connectivity index (χ4v) is 5.46. The molecule has 4 heterocycles. The van der Waals surface area contributed by atoms with E-state index in [2.05, 4.69) is 20.0 Å². The molecule has 0 unspecified atom stereocenters. The Morgan fingerprint density at radius 3 is 2.85 bits per heavy atom. The van der Waals surface area contributed by atoms with Crippen molar-refractivity contribution in [3.05, 3.63) is 0 Å². The van der Waals surface area contributed by atoms with Crippen LogP contribution in [0, 0.1) is 11.8 Å². The summed E-state index contributed by atoms with van der Waals surface area (Å²) < 4.78 is 5.36. The van der Waals surface area contributed by atoms with Gasteiger partial charge in [0, 0.05) is 51.7 Å². The molecule has 4 rings (SSSR count). The largest absolute Gasteiger partial charge is 0.379 e. The van der Waals surface area contributed by atoms with Gasteiger partial charge in [0.25, 0.3) is 0 Å². The molecule has 0 aromatic carbocycles. The van der Waals surface area contributed by atoms with Gasteiger partial charge < -0.3 is 15.0 Å². The summed E-state index contributed by atoms with van der Waals surface area (Å²) in [6.45, 7) is 8.77. The number of nitrogens with zero attached hydrogens (tertiary/aromatic N) is 3. The number of hydrogen-bond donors (Lipinski definition) is 1. The van der Waals surface area contributed by atoms with Gasteiger partial charge in [-0.05, 0) is 44.1 Å². The lowest BCUT2D eigenvalue weighted by atomic mass is 9.76. The van der Waals surface area contributed by atoms with Gasteiger partial charge in [-0.25, -0.2) is 0 Å². The summed E-state index contributed by atoms with van der Waals surface area (Å²) in [7, 11) is 0. The number of nitrogens with one attached hydrogen (secondary N) is 1. The van der Waals surface area contributed by atoms with E-state index in [1.54, 1.807) is 0 Å². The number of likely N-dealkylation sites (tertiary alicyclic amines) is 1. The van der Waals surface area contributed by atoms with E-state index in [0.717, 1.165) is 84.7 Å². The van der Waals surface area contributed by atoms with Gasteiger partial charge in [-0.2, -0.15) is 0 Å². The average Bonchev–Trinajstić information content (AvgIpc) is 2.67. The van der Waals surface area contributed by atoms with E-state index < -0.39 is 0 Å². The minimum absolute atomic E-state index is 0.147. The summed E-state index contributed by atoms with van der Waals surface area (Å²) >= 11 is 0. The predicted molar refractivity (Wildman–Crippen MR) is 102 cm³/mol. The zero-order chi connectivity index (χ0) is 18.6. The first-order chi connectivity index (χ1) is 13.2. The van der Waals surface area contributed by atoms with Crippen molar-refractivity contribution in [2.24, 2.45) is 11.8 Å². The number of ether oxygens (including phenoxy) is 1. The van der Waals surface area contributed by atoms with Crippen LogP contribution in [-0.4, -0.2) is 98.1 Å². The van der Waals surface area contributed by atoms with Gasteiger partial charge in [0.05, 0.1) is 19.8 Å². The Morgan fingerprint density at radius 2 is 2.00 bits per heavy atom. The zero-order valence-corrected chi connectivity index (χ0v) is 16.4. The average molecular weight is 379 g/mol. The van der Waals surface area contributed by atoms with Crippen LogP contribution in [0.3, 0.4) is 0 Å². The summed E-state index contributed by atoms with van der Waals surface area (Å²) in [4.78, 5) is 31.5. The van der Waals surface area contributed by atoms with Crippen molar-refractivity contribution >= 4 is 11.8 Å². The Kier molecular flexibility index (Phi) is 6.30. The summed E-state index contributed by atoms with van der Waals surface area (Å²) in [6, 6.07) is 0.418. The lowest BCUT2D eigenvalue weighted by Crippen LogP contribution is -2.61. The number of fused-ring (bicyclic) bond motifs is 4. The molecule has 4 saturated heterocycles. The first-order valence-electron chi connectivity index (χ1n) is 10.8. The smallest absolute Gasteiger partial charge is 0.234 e. The minimum atomic E-state index is 0.147. The number of morpholine rings is 1. The molecule has 4 fully saturated rings. The third-order valence-corrected chi connectivity index (χ3v) is 6.70. The van der Waals surface area contributed by atoms with Gasteiger partial charge in [-0.15, -0.1) is 0 Å². The van der Waals surface area contributed by atoms with Crippen molar-refractivity contribution in [2.75, 3.05) is 65.6 Å². The van der Waals surface area contributed by atoms with Crippen LogP contribution in [0.2, 0.25) is 0 Å². The number of piperidine rings is 3. The first kappa shape index (κ1) is 19.2. The number of amides is 2. The monoisotopic (exact) mass is 378 g/mol. The van der Waals surface area contributed by atoms with Crippen LogP contribution >= 0.6 is 0 Å². The summed E-state index contributed by atoms with van der Waals surface area (Å²) in [5.41, 5.74) is 0. The Bertz CT molecular complexity index is 537. The maximum atomic E-state index is 12.4. The Balaban J connectivity index is 1.18. The van der Waals surface area contributed by atoms with E-state index in [9.17, 15) is 9.59 Å². The normalized spacial score (nSPS) is 32.2. The molecule has 0 aromatic rings. The van der Waals surface area contributed by atoms with Crippen molar-refractivity contribution in [3.63, 3.8) is 0 Å². The predicted octanol–water partition coefficient (Wildman–Crippen LogP) is 0.158. The zero-order valence-electron chi connectivity index (χ0n) is 16.4. The van der Waals surface area contributed by atoms with Gasteiger partial charge in [-0.1, -0.05) is 0 Å². The number of carbonyl (C=O) groups excluding carboxylic acids is 2. The Labute approximate surface area is 162 Å². The second-order valence-electron chi connectivity index (χ2n) is 8.72. The molecule has 27 heavy (non-hydrogen) atoms. The number of rotatable bonds is 6. The summed E-state index contributed by atoms with van der Waals surface area (Å²) in [6.07, 6.45) is 5.13. The van der Waals surface area contributed by atoms with Crippen molar-refractivity contribution in [3.8, 4) is 0 Å². The standard InChI is InChI=1S/C20H34N4O3/c25-19(21-5-2-6-22-7-9-27-10-8-22)15-23-12-16-11-17(14-23)18-3-1-4-20(26)24(18)13-16/h16-18H,1-15H2,(H,21,25)/t16-,17-,18-/m1/s1. The molecule has 3 atom stereocenters. The van der Waals surface area contributed by atoms with Gasteiger partial charge in [-0.3, -0.25) is 19.4 Å². The Hall–Kier alpha value is -1.18. The molecule has 1 N–H and O–H groups in total. The highest BCUT2D eigenvalue weighted by Gasteiger charge is 2.43. The van der Waals surface area contributed by atoms with Crippen LogP contribution < -0.4 is 5.32 Å². The third-order valence-electron chi connectivity index (χ3n) is 6.70. The lowest BCUT2D eigenvalue weighted by molar-refractivity contribution is -0.145. The van der Waals surface area contributed by atoms with Crippen molar-refractivity contribution in [1.82, 2.24) is 20.0 Å². The molecule has 152 valence electrons. The highest BCUT2D eigenvalue weighted by molar-refractivity contribution is 5.78. The van der Waals surface area contributed by atoms with Crippen molar-refractivity contribution in [1.29, 1.82) is 0 Å². The molecule has 2 bridgehead atoms. The lowest BCUT2D eigenvalue weighted by Gasteiger charge is -2.52. The quantitative estimate of drug-likeness (QED) is 0.667. The van der Waals surface area contributed by atoms with E-state index in [1.165, 1.54) is 6.42 Å². The molecule has 7 nitrogen and oxygen atoms in total. The van der Waals surface area contributed by atoms with Crippen LogP contribution in [0.1, 0.15) is 32.1 Å². The second kappa shape index (κ2) is 8.88. The van der Waals surface area contributed by atoms with Crippen LogP contribution in [0.5, 0.6) is 0 Å². The fourth-order valence-electron chi connectivity index (χ4n) is 5.46. The molecule has 0 aliphatic carbocycles. The van der Waals surface area contributed by atoms with Crippen LogP contribution in [0.25, 0.3) is 0 Å². The van der Waals surface area contributed by atoms with Gasteiger partial charge in [0.1, 0.15) is 0 Å². The maximum absolute atomic E-state index is 12.4. The topological polar surface area (TPSA) is 65.1 Å². The van der Waals surface area contributed by atoms with E-state index in [1.807, 2.05) is 0 Å². The molecule has 7 heteroatoms. The van der Waals surface area contributed by atoms with Crippen LogP contribution in [0.15, 0.2) is 0 Å². The molecule has 0 saturated carbocycles. The molecular weight excluding hydrogens is 344 g/mol. The number of carbonyl (C=O) groups is 2. The van der Waals surface area contributed by atoms with Crippen molar-refractivity contribution in [2.45, 2.75) is 38.1 Å². The Morgan fingerprint density at radius 1 is 1.15 bits per heavy atom. The first-order valence-corrected chi connectivity index (χ1v) is 10.8. The highest BCUT2D eigenvalue weighted by Crippen LogP contribution is 2.37. The van der Waals surface area contributed by atoms with Crippen molar-refractivity contribution < 1.29 is 14.3 Å². The molecule has 4 aliphatic rings. The SMILES string of the molecule is O=C(CN1C[C@H]2C[C@H](C1)[C@H]1CCCC(=O)N1C2)NCCCN1CCOCC1. The second-order valence-corrected chi connectivity index (χ2v) is 8.72. The van der Waals surface area contributed by atoms with Gasteiger partial charge in [0.2, 0.25) is 11.8 Å². The van der Waals surface area contributed by atoms with E-state index in [-0.39, 0.29) is 5.91 Å². The summed E-state index contributed by atoms with van der Waals surface area (Å²) in [5, 5.41) is 3.10. The fraction of sp³-hybridized carbons (Fsp3) is 0.900. The minimum Gasteiger partial charge on any atom is -0.379 e. The van der Waals surface area contributed by atoms with E-state index in [4.69, 9.17) is 4.74 Å². The van der Waals surface area contributed by atoms with Gasteiger partial charge in [0.15, 0.2) is 0 Å². The van der Waals surface area contributed by atoms with Gasteiger partial charge >= 0.3 is 0 Å².